The summed E-state index contributed by atoms with van der Waals surface area (Å²) in [6.07, 6.45) is 3.21. The van der Waals surface area contributed by atoms with Crippen molar-refractivity contribution in [3.8, 4) is 5.75 Å². The average Bonchev–Trinajstić information content (AvgIpc) is 2.74. The third-order valence-electron chi connectivity index (χ3n) is 4.65. The van der Waals surface area contributed by atoms with Gasteiger partial charge in [0.15, 0.2) is 0 Å². The molecule has 27 heavy (non-hydrogen) atoms. The zero-order chi connectivity index (χ0) is 19.1. The molecular formula is C20H24N4O3. The fourth-order valence-electron chi connectivity index (χ4n) is 3.10. The highest BCUT2D eigenvalue weighted by atomic mass is 16.5. The number of amides is 2. The maximum atomic E-state index is 12.7. The van der Waals surface area contributed by atoms with Gasteiger partial charge in [-0.05, 0) is 24.3 Å². The fourth-order valence-corrected chi connectivity index (χ4v) is 3.10. The van der Waals surface area contributed by atoms with Crippen molar-refractivity contribution in [1.82, 2.24) is 20.1 Å². The molecule has 7 nitrogen and oxygen atoms in total. The van der Waals surface area contributed by atoms with E-state index < -0.39 is 0 Å². The summed E-state index contributed by atoms with van der Waals surface area (Å²) in [5, 5.41) is 2.92. The van der Waals surface area contributed by atoms with E-state index in [1.807, 2.05) is 17.0 Å². The minimum Gasteiger partial charge on any atom is -0.496 e. The van der Waals surface area contributed by atoms with Crippen LogP contribution in [0.5, 0.6) is 5.75 Å². The van der Waals surface area contributed by atoms with Gasteiger partial charge in [-0.15, -0.1) is 0 Å². The molecule has 142 valence electrons. The van der Waals surface area contributed by atoms with E-state index >= 15 is 0 Å². The molecule has 2 amide bonds. The SMILES string of the molecule is COc1ccccc1C(=O)N1CCN(CCNC(=O)c2ccncc2)CC1. The molecule has 0 atom stereocenters. The first-order valence-electron chi connectivity index (χ1n) is 9.02. The summed E-state index contributed by atoms with van der Waals surface area (Å²) >= 11 is 0. The summed E-state index contributed by atoms with van der Waals surface area (Å²) in [6.45, 7) is 4.22. The number of rotatable bonds is 6. The minimum absolute atomic E-state index is 0.00177. The molecule has 1 saturated heterocycles. The summed E-state index contributed by atoms with van der Waals surface area (Å²) < 4.78 is 5.29. The molecule has 2 aromatic rings. The molecule has 0 bridgehead atoms. The number of nitrogens with one attached hydrogen (secondary N) is 1. The van der Waals surface area contributed by atoms with Crippen LogP contribution in [0.3, 0.4) is 0 Å². The zero-order valence-electron chi connectivity index (χ0n) is 15.4. The third kappa shape index (κ3) is 4.83. The lowest BCUT2D eigenvalue weighted by Crippen LogP contribution is -2.50. The Labute approximate surface area is 158 Å². The van der Waals surface area contributed by atoms with Gasteiger partial charge in [0.2, 0.25) is 0 Å². The molecule has 7 heteroatoms. The molecular weight excluding hydrogens is 344 g/mol. The van der Waals surface area contributed by atoms with E-state index in [9.17, 15) is 9.59 Å². The van der Waals surface area contributed by atoms with Crippen LogP contribution < -0.4 is 10.1 Å². The second kappa shape index (κ2) is 9.14. The van der Waals surface area contributed by atoms with Crippen LogP contribution in [0.25, 0.3) is 0 Å². The van der Waals surface area contributed by atoms with E-state index in [-0.39, 0.29) is 11.8 Å². The highest BCUT2D eigenvalue weighted by molar-refractivity contribution is 5.97. The van der Waals surface area contributed by atoms with Gasteiger partial charge >= 0.3 is 0 Å². The number of methoxy groups -OCH3 is 1. The number of pyridine rings is 1. The second-order valence-corrected chi connectivity index (χ2v) is 6.33. The van der Waals surface area contributed by atoms with Gasteiger partial charge in [0.05, 0.1) is 12.7 Å². The summed E-state index contributed by atoms with van der Waals surface area (Å²) in [5.41, 5.74) is 1.20. The monoisotopic (exact) mass is 368 g/mol. The second-order valence-electron chi connectivity index (χ2n) is 6.33. The molecule has 1 aliphatic heterocycles. The van der Waals surface area contributed by atoms with Gasteiger partial charge in [-0.1, -0.05) is 12.1 Å². The number of benzene rings is 1. The van der Waals surface area contributed by atoms with Gasteiger partial charge < -0.3 is 15.0 Å². The molecule has 0 spiro atoms. The third-order valence-corrected chi connectivity index (χ3v) is 4.65. The molecule has 0 unspecified atom stereocenters. The Hall–Kier alpha value is -2.93. The Bertz CT molecular complexity index is 774. The van der Waals surface area contributed by atoms with Crippen LogP contribution in [0.15, 0.2) is 48.8 Å². The van der Waals surface area contributed by atoms with Crippen LogP contribution in [0, 0.1) is 0 Å². The van der Waals surface area contributed by atoms with Gasteiger partial charge in [0, 0.05) is 57.2 Å². The van der Waals surface area contributed by atoms with Gasteiger partial charge in [-0.25, -0.2) is 0 Å². The molecule has 0 saturated carbocycles. The van der Waals surface area contributed by atoms with Crippen molar-refractivity contribution in [2.24, 2.45) is 0 Å². The largest absolute Gasteiger partial charge is 0.496 e. The normalized spacial score (nSPS) is 14.6. The highest BCUT2D eigenvalue weighted by Gasteiger charge is 2.23. The molecule has 1 aliphatic rings. The molecule has 2 heterocycles. The van der Waals surface area contributed by atoms with Gasteiger partial charge in [-0.2, -0.15) is 0 Å². The van der Waals surface area contributed by atoms with Crippen molar-refractivity contribution < 1.29 is 14.3 Å². The van der Waals surface area contributed by atoms with Crippen molar-refractivity contribution in [2.45, 2.75) is 0 Å². The van der Waals surface area contributed by atoms with Crippen LogP contribution in [0.4, 0.5) is 0 Å². The van der Waals surface area contributed by atoms with Crippen LogP contribution in [-0.2, 0) is 0 Å². The minimum atomic E-state index is -0.0950. The van der Waals surface area contributed by atoms with Crippen molar-refractivity contribution in [2.75, 3.05) is 46.4 Å². The Balaban J connectivity index is 1.44. The number of hydrogen-bond donors (Lipinski definition) is 1. The number of ether oxygens (including phenoxy) is 1. The summed E-state index contributed by atoms with van der Waals surface area (Å²) in [4.78, 5) is 32.7. The van der Waals surface area contributed by atoms with Crippen molar-refractivity contribution in [3.63, 3.8) is 0 Å². The lowest BCUT2D eigenvalue weighted by atomic mass is 10.1. The quantitative estimate of drug-likeness (QED) is 0.831. The maximum Gasteiger partial charge on any atom is 0.257 e. The molecule has 1 aromatic carbocycles. The summed E-state index contributed by atoms with van der Waals surface area (Å²) in [6, 6.07) is 10.7. The van der Waals surface area contributed by atoms with Gasteiger partial charge in [-0.3, -0.25) is 19.5 Å². The molecule has 0 radical (unpaired) electrons. The Morgan fingerprint density at radius 3 is 2.48 bits per heavy atom. The summed E-state index contributed by atoms with van der Waals surface area (Å²) in [5.74, 6) is 0.504. The van der Waals surface area contributed by atoms with Crippen molar-refractivity contribution in [1.29, 1.82) is 0 Å². The topological polar surface area (TPSA) is 74.8 Å². The van der Waals surface area contributed by atoms with Crippen LogP contribution in [0.2, 0.25) is 0 Å². The Morgan fingerprint density at radius 2 is 1.78 bits per heavy atom. The summed E-state index contributed by atoms with van der Waals surface area (Å²) in [7, 11) is 1.57. The first-order chi connectivity index (χ1) is 13.2. The van der Waals surface area contributed by atoms with E-state index in [0.717, 1.165) is 19.6 Å². The molecule has 1 N–H and O–H groups in total. The van der Waals surface area contributed by atoms with Crippen LogP contribution in [0.1, 0.15) is 20.7 Å². The first kappa shape index (κ1) is 18.8. The predicted octanol–water partition coefficient (Wildman–Crippen LogP) is 1.28. The lowest BCUT2D eigenvalue weighted by Gasteiger charge is -2.35. The van der Waals surface area contributed by atoms with E-state index in [1.54, 1.807) is 43.8 Å². The van der Waals surface area contributed by atoms with Gasteiger partial charge in [0.1, 0.15) is 5.75 Å². The highest BCUT2D eigenvalue weighted by Crippen LogP contribution is 2.20. The smallest absolute Gasteiger partial charge is 0.257 e. The van der Waals surface area contributed by atoms with E-state index in [4.69, 9.17) is 4.74 Å². The van der Waals surface area contributed by atoms with Crippen molar-refractivity contribution >= 4 is 11.8 Å². The first-order valence-corrected chi connectivity index (χ1v) is 9.02. The van der Waals surface area contributed by atoms with Crippen molar-refractivity contribution in [3.05, 3.63) is 59.9 Å². The Kier molecular flexibility index (Phi) is 6.38. The van der Waals surface area contributed by atoms with E-state index in [2.05, 4.69) is 15.2 Å². The number of piperazine rings is 1. The number of para-hydroxylation sites is 1. The molecule has 0 aliphatic carbocycles. The number of carbonyl (C=O) groups is 2. The molecule has 1 aromatic heterocycles. The van der Waals surface area contributed by atoms with E-state index in [0.29, 0.717) is 36.5 Å². The number of carbonyl (C=O) groups excluding carboxylic acids is 2. The maximum absolute atomic E-state index is 12.7. The number of aromatic nitrogens is 1. The van der Waals surface area contributed by atoms with E-state index in [1.165, 1.54) is 0 Å². The standard InChI is InChI=1S/C20H24N4O3/c1-27-18-5-3-2-4-17(18)20(26)24-14-12-23(13-15-24)11-10-22-19(25)16-6-8-21-9-7-16/h2-9H,10-15H2,1H3,(H,22,25). The van der Waals surface area contributed by atoms with Crippen LogP contribution >= 0.6 is 0 Å². The Morgan fingerprint density at radius 1 is 1.07 bits per heavy atom. The average molecular weight is 368 g/mol. The number of nitrogens with zero attached hydrogens (tertiary/aromatic N) is 3. The molecule has 1 fully saturated rings. The fraction of sp³-hybridized carbons (Fsp3) is 0.350. The number of hydrogen-bond acceptors (Lipinski definition) is 5. The zero-order valence-corrected chi connectivity index (χ0v) is 15.4. The van der Waals surface area contributed by atoms with Gasteiger partial charge in [0.25, 0.3) is 11.8 Å². The van der Waals surface area contributed by atoms with Crippen LogP contribution in [-0.4, -0.2) is 73.0 Å². The molecule has 3 rings (SSSR count). The lowest BCUT2D eigenvalue weighted by molar-refractivity contribution is 0.0635. The predicted molar refractivity (Wildman–Crippen MR) is 102 cm³/mol.